The molecule has 0 heterocycles. The average Bonchev–Trinajstić information content (AvgIpc) is 2.57. The Kier molecular flexibility index (Phi) is 5.03. The van der Waals surface area contributed by atoms with Crippen molar-refractivity contribution in [2.24, 2.45) is 5.10 Å². The molecule has 8 heteroatoms. The van der Waals surface area contributed by atoms with Crippen molar-refractivity contribution in [1.29, 1.82) is 10.5 Å². The number of benzene rings is 2. The Morgan fingerprint density at radius 3 is 2.29 bits per heavy atom. The van der Waals surface area contributed by atoms with Crippen molar-refractivity contribution in [3.8, 4) is 23.6 Å². The van der Waals surface area contributed by atoms with Crippen molar-refractivity contribution in [3.63, 3.8) is 0 Å². The molecule has 2 rings (SSSR count). The summed E-state index contributed by atoms with van der Waals surface area (Å²) in [7, 11) is 0. The Morgan fingerprint density at radius 2 is 1.71 bits per heavy atom. The molecule has 0 atom stereocenters. The van der Waals surface area contributed by atoms with Crippen LogP contribution in [0.2, 0.25) is 0 Å². The zero-order valence-electron chi connectivity index (χ0n) is 12.0. The number of para-hydroxylation sites is 1. The molecule has 0 spiro atoms. The van der Waals surface area contributed by atoms with E-state index < -0.39 is 17.5 Å². The second-order valence-corrected chi connectivity index (χ2v) is 4.42. The van der Waals surface area contributed by atoms with Crippen LogP contribution in [0.15, 0.2) is 53.6 Å². The SMILES string of the molecule is N#CC(C#N)=NNc1cc(C(F)(F)F)ccc1Oc1ccccc1. The maximum Gasteiger partial charge on any atom is 0.416 e. The van der Waals surface area contributed by atoms with Crippen molar-refractivity contribution in [2.75, 3.05) is 5.43 Å². The van der Waals surface area contributed by atoms with E-state index in [1.165, 1.54) is 12.1 Å². The molecule has 1 N–H and O–H groups in total. The lowest BCUT2D eigenvalue weighted by atomic mass is 10.2. The van der Waals surface area contributed by atoms with Gasteiger partial charge >= 0.3 is 6.18 Å². The van der Waals surface area contributed by atoms with Crippen LogP contribution in [0.3, 0.4) is 0 Å². The van der Waals surface area contributed by atoms with E-state index in [0.29, 0.717) is 5.75 Å². The molecule has 24 heavy (non-hydrogen) atoms. The van der Waals surface area contributed by atoms with Crippen molar-refractivity contribution < 1.29 is 17.9 Å². The van der Waals surface area contributed by atoms with Gasteiger partial charge in [0.25, 0.3) is 0 Å². The summed E-state index contributed by atoms with van der Waals surface area (Å²) in [5, 5.41) is 20.7. The number of hydrogen-bond donors (Lipinski definition) is 1. The summed E-state index contributed by atoms with van der Waals surface area (Å²) >= 11 is 0. The summed E-state index contributed by atoms with van der Waals surface area (Å²) in [6, 6.07) is 14.2. The van der Waals surface area contributed by atoms with Gasteiger partial charge in [-0.05, 0) is 30.3 Å². The number of nitrogens with one attached hydrogen (secondary N) is 1. The summed E-state index contributed by atoms with van der Waals surface area (Å²) in [6.07, 6.45) is -4.56. The Balaban J connectivity index is 2.40. The molecule has 0 fully saturated rings. The highest BCUT2D eigenvalue weighted by molar-refractivity contribution is 6.10. The molecular weight excluding hydrogens is 321 g/mol. The lowest BCUT2D eigenvalue weighted by Gasteiger charge is -2.13. The van der Waals surface area contributed by atoms with Gasteiger partial charge in [-0.2, -0.15) is 28.8 Å². The topological polar surface area (TPSA) is 81.2 Å². The van der Waals surface area contributed by atoms with Gasteiger partial charge in [-0.15, -0.1) is 0 Å². The van der Waals surface area contributed by atoms with E-state index >= 15 is 0 Å². The zero-order chi connectivity index (χ0) is 17.6. The second kappa shape index (κ2) is 7.16. The first-order valence-electron chi connectivity index (χ1n) is 6.52. The van der Waals surface area contributed by atoms with Crippen LogP contribution in [0, 0.1) is 22.7 Å². The normalized spacial score (nSPS) is 10.2. The zero-order valence-corrected chi connectivity index (χ0v) is 12.0. The minimum Gasteiger partial charge on any atom is -0.455 e. The van der Waals surface area contributed by atoms with E-state index in [4.69, 9.17) is 15.3 Å². The Hall–Kier alpha value is -3.52. The third kappa shape index (κ3) is 4.24. The molecule has 0 radical (unpaired) electrons. The van der Waals surface area contributed by atoms with Gasteiger partial charge in [0, 0.05) is 0 Å². The summed E-state index contributed by atoms with van der Waals surface area (Å²) in [4.78, 5) is 0. The molecule has 0 aliphatic carbocycles. The van der Waals surface area contributed by atoms with Crippen LogP contribution in [0.4, 0.5) is 18.9 Å². The van der Waals surface area contributed by atoms with Crippen molar-refractivity contribution in [1.82, 2.24) is 0 Å². The lowest BCUT2D eigenvalue weighted by molar-refractivity contribution is -0.137. The van der Waals surface area contributed by atoms with Crippen LogP contribution in [-0.2, 0) is 6.18 Å². The van der Waals surface area contributed by atoms with Crippen molar-refractivity contribution in [3.05, 3.63) is 54.1 Å². The number of halogens is 3. The van der Waals surface area contributed by atoms with Gasteiger partial charge in [-0.25, -0.2) is 0 Å². The number of nitriles is 2. The first kappa shape index (κ1) is 16.8. The highest BCUT2D eigenvalue weighted by Gasteiger charge is 2.31. The van der Waals surface area contributed by atoms with Crippen molar-refractivity contribution in [2.45, 2.75) is 6.18 Å². The minimum atomic E-state index is -4.56. The summed E-state index contributed by atoms with van der Waals surface area (Å²) < 4.78 is 44.1. The molecule has 0 aromatic heterocycles. The molecule has 0 unspecified atom stereocenters. The maximum atomic E-state index is 12.8. The fourth-order valence-electron chi connectivity index (χ4n) is 1.69. The van der Waals surface area contributed by atoms with E-state index in [9.17, 15) is 13.2 Å². The van der Waals surface area contributed by atoms with E-state index in [2.05, 4.69) is 10.5 Å². The fraction of sp³-hybridized carbons (Fsp3) is 0.0625. The van der Waals surface area contributed by atoms with Crippen LogP contribution in [-0.4, -0.2) is 5.71 Å². The Morgan fingerprint density at radius 1 is 1.04 bits per heavy atom. The Labute approximate surface area is 135 Å². The Bertz CT molecular complexity index is 817. The standard InChI is InChI=1S/C16H9F3N4O/c17-16(18,19)11-6-7-15(24-13-4-2-1-3-5-13)14(8-11)23-22-12(9-20)10-21/h1-8,23H. The summed E-state index contributed by atoms with van der Waals surface area (Å²) in [6.45, 7) is 0. The fourth-order valence-corrected chi connectivity index (χ4v) is 1.69. The predicted molar refractivity (Wildman–Crippen MR) is 80.2 cm³/mol. The third-order valence-corrected chi connectivity index (χ3v) is 2.78. The van der Waals surface area contributed by atoms with Gasteiger partial charge < -0.3 is 4.74 Å². The number of anilines is 1. The number of alkyl halides is 3. The van der Waals surface area contributed by atoms with Gasteiger partial charge in [-0.1, -0.05) is 18.2 Å². The van der Waals surface area contributed by atoms with E-state index in [0.717, 1.165) is 18.2 Å². The summed E-state index contributed by atoms with van der Waals surface area (Å²) in [5.41, 5.74) is 0.688. The van der Waals surface area contributed by atoms with Gasteiger partial charge in [0.2, 0.25) is 5.71 Å². The largest absolute Gasteiger partial charge is 0.455 e. The lowest BCUT2D eigenvalue weighted by Crippen LogP contribution is -2.06. The first-order chi connectivity index (χ1) is 11.4. The van der Waals surface area contributed by atoms with Crippen molar-refractivity contribution >= 4 is 11.4 Å². The van der Waals surface area contributed by atoms with Crippen LogP contribution >= 0.6 is 0 Å². The second-order valence-electron chi connectivity index (χ2n) is 4.42. The first-order valence-corrected chi connectivity index (χ1v) is 6.52. The highest BCUT2D eigenvalue weighted by Crippen LogP contribution is 2.36. The number of ether oxygens (including phenoxy) is 1. The van der Waals surface area contributed by atoms with Crippen LogP contribution in [0.1, 0.15) is 5.56 Å². The monoisotopic (exact) mass is 330 g/mol. The third-order valence-electron chi connectivity index (χ3n) is 2.78. The smallest absolute Gasteiger partial charge is 0.416 e. The maximum absolute atomic E-state index is 12.8. The average molecular weight is 330 g/mol. The molecule has 2 aromatic carbocycles. The molecule has 5 nitrogen and oxygen atoms in total. The predicted octanol–water partition coefficient (Wildman–Crippen LogP) is 4.31. The molecule has 120 valence electrons. The minimum absolute atomic E-state index is 0.0631. The molecular formula is C16H9F3N4O. The van der Waals surface area contributed by atoms with Gasteiger partial charge in [0.15, 0.2) is 5.75 Å². The van der Waals surface area contributed by atoms with Gasteiger partial charge in [0.1, 0.15) is 17.9 Å². The quantitative estimate of drug-likeness (QED) is 0.669. The number of hydrazone groups is 1. The molecule has 2 aromatic rings. The molecule has 0 aliphatic heterocycles. The highest BCUT2D eigenvalue weighted by atomic mass is 19.4. The summed E-state index contributed by atoms with van der Waals surface area (Å²) in [5.74, 6) is 0.471. The van der Waals surface area contributed by atoms with Crippen LogP contribution in [0.25, 0.3) is 0 Å². The molecule has 0 aliphatic rings. The van der Waals surface area contributed by atoms with Gasteiger partial charge in [0.05, 0.1) is 11.3 Å². The number of rotatable bonds is 4. The van der Waals surface area contributed by atoms with Gasteiger partial charge in [-0.3, -0.25) is 5.43 Å². The molecule has 0 bridgehead atoms. The van der Waals surface area contributed by atoms with E-state index in [1.54, 1.807) is 30.3 Å². The molecule has 0 saturated carbocycles. The van der Waals surface area contributed by atoms with E-state index in [1.807, 2.05) is 0 Å². The van der Waals surface area contributed by atoms with Crippen LogP contribution < -0.4 is 10.2 Å². The molecule has 0 saturated heterocycles. The van der Waals surface area contributed by atoms with E-state index in [-0.39, 0.29) is 11.4 Å². The van der Waals surface area contributed by atoms with Crippen LogP contribution in [0.5, 0.6) is 11.5 Å². The number of nitrogens with zero attached hydrogens (tertiary/aromatic N) is 3. The molecule has 0 amide bonds. The number of hydrogen-bond acceptors (Lipinski definition) is 5.